The van der Waals surface area contributed by atoms with E-state index in [1.165, 1.54) is 0 Å². The molecule has 1 aromatic rings. The summed E-state index contributed by atoms with van der Waals surface area (Å²) in [6.45, 7) is 3.29. The number of halogens is 5. The van der Waals surface area contributed by atoms with Crippen molar-refractivity contribution in [3.05, 3.63) is 23.8 Å². The van der Waals surface area contributed by atoms with Gasteiger partial charge in [-0.1, -0.05) is 19.4 Å². The van der Waals surface area contributed by atoms with Crippen LogP contribution >= 0.6 is 10.2 Å². The highest BCUT2D eigenvalue weighted by Crippen LogP contribution is 3.02. The van der Waals surface area contributed by atoms with Gasteiger partial charge in [0, 0.05) is 13.1 Å². The minimum atomic E-state index is -9.71. The normalized spacial score (nSPS) is 20.4. The van der Waals surface area contributed by atoms with Gasteiger partial charge in [-0.05, 0) is 43.1 Å². The second-order valence-electron chi connectivity index (χ2n) is 5.32. The number of hydrogen-bond donors (Lipinski definition) is 1. The highest BCUT2D eigenvalue weighted by atomic mass is 32.5. The van der Waals surface area contributed by atoms with Crippen molar-refractivity contribution in [2.75, 3.05) is 32.8 Å². The van der Waals surface area contributed by atoms with E-state index in [0.29, 0.717) is 38.3 Å². The molecule has 0 radical (unpaired) electrons. The first-order valence-corrected chi connectivity index (χ1v) is 8.77. The van der Waals surface area contributed by atoms with Crippen LogP contribution in [0.25, 0.3) is 0 Å². The average molecular weight is 347 g/mol. The van der Waals surface area contributed by atoms with Gasteiger partial charge in [0.25, 0.3) is 0 Å². The predicted molar refractivity (Wildman–Crippen MR) is 75.1 cm³/mol. The largest absolute Gasteiger partial charge is 0.508 e. The van der Waals surface area contributed by atoms with E-state index in [0.717, 1.165) is 13.1 Å². The molecule has 22 heavy (non-hydrogen) atoms. The van der Waals surface area contributed by atoms with Crippen LogP contribution in [0.4, 0.5) is 19.4 Å². The second-order valence-corrected chi connectivity index (χ2v) is 7.73. The topological polar surface area (TPSA) is 32.7 Å². The predicted octanol–water partition coefficient (Wildman–Crippen LogP) is 4.31. The maximum Gasteiger partial charge on any atom is 0.310 e. The number of morpholine rings is 1. The molecule has 1 N–H and O–H groups in total. The van der Waals surface area contributed by atoms with Crippen LogP contribution in [0.3, 0.4) is 0 Å². The van der Waals surface area contributed by atoms with Crippen LogP contribution in [0.5, 0.6) is 5.75 Å². The zero-order chi connectivity index (χ0) is 16.5. The third-order valence-corrected chi connectivity index (χ3v) is 4.67. The number of rotatable bonds is 5. The third-order valence-electron chi connectivity index (χ3n) is 3.52. The average Bonchev–Trinajstić information content (AvgIpc) is 2.39. The van der Waals surface area contributed by atoms with Crippen LogP contribution in [-0.2, 0) is 11.2 Å². The van der Waals surface area contributed by atoms with E-state index in [9.17, 15) is 24.5 Å². The Morgan fingerprint density at radius 3 is 2.32 bits per heavy atom. The first-order valence-electron chi connectivity index (χ1n) is 6.82. The maximum absolute atomic E-state index is 12.8. The summed E-state index contributed by atoms with van der Waals surface area (Å²) in [5, 5.41) is 9.57. The summed E-state index contributed by atoms with van der Waals surface area (Å²) < 4.78 is 69.0. The van der Waals surface area contributed by atoms with Gasteiger partial charge in [0.15, 0.2) is 0 Å². The van der Waals surface area contributed by atoms with Gasteiger partial charge in [0.05, 0.1) is 13.2 Å². The van der Waals surface area contributed by atoms with E-state index >= 15 is 0 Å². The van der Waals surface area contributed by atoms with Crippen molar-refractivity contribution in [1.82, 2.24) is 4.90 Å². The Labute approximate surface area is 125 Å². The van der Waals surface area contributed by atoms with Gasteiger partial charge in [-0.15, -0.1) is 0 Å². The monoisotopic (exact) mass is 347 g/mol. The Hall–Kier alpha value is -1.06. The molecular weight excluding hydrogens is 329 g/mol. The van der Waals surface area contributed by atoms with Gasteiger partial charge in [0.1, 0.15) is 10.6 Å². The van der Waals surface area contributed by atoms with Crippen molar-refractivity contribution in [1.29, 1.82) is 0 Å². The van der Waals surface area contributed by atoms with E-state index in [2.05, 4.69) is 4.90 Å². The quantitative estimate of drug-likeness (QED) is 0.806. The van der Waals surface area contributed by atoms with Crippen LogP contribution in [0.2, 0.25) is 0 Å². The molecule has 9 heteroatoms. The van der Waals surface area contributed by atoms with Gasteiger partial charge < -0.3 is 9.84 Å². The van der Waals surface area contributed by atoms with Crippen LogP contribution in [0.15, 0.2) is 23.1 Å². The van der Waals surface area contributed by atoms with E-state index in [4.69, 9.17) is 4.74 Å². The summed E-state index contributed by atoms with van der Waals surface area (Å²) >= 11 is 0. The van der Waals surface area contributed by atoms with Gasteiger partial charge in [-0.2, -0.15) is 0 Å². The Balaban J connectivity index is 2.05. The number of aryl methyl sites for hydroxylation is 1. The fourth-order valence-electron chi connectivity index (χ4n) is 2.32. The molecule has 0 atom stereocenters. The van der Waals surface area contributed by atoms with E-state index in [1.54, 1.807) is 0 Å². The molecule has 128 valence electrons. The van der Waals surface area contributed by atoms with E-state index < -0.39 is 20.9 Å². The SMILES string of the molecule is Oc1ccc(S(F)(F)(F)(F)F)cc1CCCN1CCOCC1. The van der Waals surface area contributed by atoms with Crippen LogP contribution in [0.1, 0.15) is 12.0 Å². The van der Waals surface area contributed by atoms with Gasteiger partial charge in [-0.25, -0.2) is 0 Å². The number of benzene rings is 1. The molecule has 2 rings (SSSR count). The Morgan fingerprint density at radius 2 is 1.73 bits per heavy atom. The molecule has 3 nitrogen and oxygen atoms in total. The lowest BCUT2D eigenvalue weighted by atomic mass is 10.1. The molecule has 1 aliphatic heterocycles. The lowest BCUT2D eigenvalue weighted by molar-refractivity contribution is 0.0374. The maximum atomic E-state index is 12.8. The summed E-state index contributed by atoms with van der Waals surface area (Å²) in [6, 6.07) is 1.26. The van der Waals surface area contributed by atoms with Crippen LogP contribution in [0, 0.1) is 0 Å². The van der Waals surface area contributed by atoms with Crippen molar-refractivity contribution in [2.45, 2.75) is 17.7 Å². The molecule has 0 aliphatic carbocycles. The molecule has 1 aliphatic rings. The highest BCUT2D eigenvalue weighted by molar-refractivity contribution is 8.45. The molecule has 0 spiro atoms. The Morgan fingerprint density at radius 1 is 1.09 bits per heavy atom. The number of aromatic hydroxyl groups is 1. The molecule has 1 aromatic carbocycles. The summed E-state index contributed by atoms with van der Waals surface area (Å²) in [7, 11) is -9.71. The number of phenolic OH excluding ortho intramolecular Hbond substituents is 1. The van der Waals surface area contributed by atoms with E-state index in [1.807, 2.05) is 0 Å². The van der Waals surface area contributed by atoms with Crippen molar-refractivity contribution in [2.24, 2.45) is 0 Å². The van der Waals surface area contributed by atoms with Crippen LogP contribution < -0.4 is 0 Å². The molecule has 0 amide bonds. The summed E-state index contributed by atoms with van der Waals surface area (Å²) in [5.74, 6) is -0.396. The molecule has 0 bridgehead atoms. The summed E-state index contributed by atoms with van der Waals surface area (Å²) in [6.07, 6.45) is 0.572. The van der Waals surface area contributed by atoms with Crippen molar-refractivity contribution < 1.29 is 29.3 Å². The molecular formula is C13H18F5NO2S. The number of phenols is 1. The smallest absolute Gasteiger partial charge is 0.310 e. The Bertz CT molecular complexity index is 543. The second kappa shape index (κ2) is 5.24. The van der Waals surface area contributed by atoms with E-state index in [-0.39, 0.29) is 18.1 Å². The van der Waals surface area contributed by atoms with Crippen molar-refractivity contribution in [3.8, 4) is 5.75 Å². The van der Waals surface area contributed by atoms with Crippen LogP contribution in [-0.4, -0.2) is 42.9 Å². The molecule has 0 saturated carbocycles. The van der Waals surface area contributed by atoms with Gasteiger partial charge >= 0.3 is 10.2 Å². The highest BCUT2D eigenvalue weighted by Gasteiger charge is 2.65. The summed E-state index contributed by atoms with van der Waals surface area (Å²) in [5.41, 5.74) is -0.112. The zero-order valence-corrected chi connectivity index (χ0v) is 12.6. The third kappa shape index (κ3) is 4.72. The standard InChI is InChI=1S/C13H18F5NO2S/c14-22(15,16,17,18)12-3-4-13(20)11(10-12)2-1-5-19-6-8-21-9-7-19/h3-4,10,20H,1-2,5-9H2. The van der Waals surface area contributed by atoms with Crippen molar-refractivity contribution >= 4 is 10.2 Å². The first-order chi connectivity index (χ1) is 9.95. The minimum absolute atomic E-state index is 0.102. The van der Waals surface area contributed by atoms with Crippen molar-refractivity contribution in [3.63, 3.8) is 0 Å². The van der Waals surface area contributed by atoms with Gasteiger partial charge in [0.2, 0.25) is 0 Å². The minimum Gasteiger partial charge on any atom is -0.508 e. The molecule has 1 saturated heterocycles. The number of hydrogen-bond acceptors (Lipinski definition) is 3. The zero-order valence-electron chi connectivity index (χ0n) is 11.8. The number of ether oxygens (including phenoxy) is 1. The lowest BCUT2D eigenvalue weighted by Gasteiger charge is -2.40. The lowest BCUT2D eigenvalue weighted by Crippen LogP contribution is -2.36. The summed E-state index contributed by atoms with van der Waals surface area (Å²) in [4.78, 5) is 0.119. The first kappa shape index (κ1) is 17.3. The van der Waals surface area contributed by atoms with Gasteiger partial charge in [-0.3, -0.25) is 4.90 Å². The fourth-order valence-corrected chi connectivity index (χ4v) is 3.01. The Kier molecular flexibility index (Phi) is 4.12. The molecule has 0 aromatic heterocycles. The molecule has 0 unspecified atom stereocenters. The fraction of sp³-hybridized carbons (Fsp3) is 0.538. The number of nitrogens with zero attached hydrogens (tertiary/aromatic N) is 1. The molecule has 1 heterocycles. The molecule has 1 fully saturated rings.